The molecule has 224 valence electrons. The summed E-state index contributed by atoms with van der Waals surface area (Å²) in [7, 11) is 0. The lowest BCUT2D eigenvalue weighted by Gasteiger charge is -2.43. The first-order chi connectivity index (χ1) is 21.8. The lowest BCUT2D eigenvalue weighted by atomic mass is 9.71. The lowest BCUT2D eigenvalue weighted by molar-refractivity contribution is 0.0377. The van der Waals surface area contributed by atoms with Crippen molar-refractivity contribution in [3.05, 3.63) is 127 Å². The number of fused-ring (bicyclic) bond motifs is 1. The summed E-state index contributed by atoms with van der Waals surface area (Å²) in [5, 5.41) is 8.28. The Morgan fingerprint density at radius 3 is 1.84 bits per heavy atom. The maximum atomic E-state index is 12.8. The van der Waals surface area contributed by atoms with Gasteiger partial charge in [-0.25, -0.2) is 14.3 Å². The number of amides is 1. The van der Waals surface area contributed by atoms with E-state index in [2.05, 4.69) is 72.2 Å². The van der Waals surface area contributed by atoms with Gasteiger partial charge in [0.1, 0.15) is 11.3 Å². The molecule has 0 radical (unpaired) electrons. The van der Waals surface area contributed by atoms with Crippen molar-refractivity contribution in [1.82, 2.24) is 19.9 Å². The second-order valence-corrected chi connectivity index (χ2v) is 12.7. The first kappa shape index (κ1) is 28.5. The minimum Gasteiger partial charge on any atom is -0.444 e. The summed E-state index contributed by atoms with van der Waals surface area (Å²) in [5.74, 6) is 0. The summed E-state index contributed by atoms with van der Waals surface area (Å²) >= 11 is 0. The van der Waals surface area contributed by atoms with Gasteiger partial charge in [0.05, 0.1) is 16.8 Å². The highest BCUT2D eigenvalue weighted by molar-refractivity contribution is 5.92. The maximum Gasteiger partial charge on any atom is 0.408 e. The first-order valence-corrected chi connectivity index (χ1v) is 15.5. The number of aromatic nitrogens is 3. The Hall–Kier alpha value is -5.23. The van der Waals surface area contributed by atoms with Crippen molar-refractivity contribution in [2.45, 2.75) is 51.2 Å². The second-order valence-electron chi connectivity index (χ2n) is 12.7. The molecule has 0 unspecified atom stereocenters. The molecule has 0 saturated heterocycles. The van der Waals surface area contributed by atoms with Gasteiger partial charge < -0.3 is 10.1 Å². The predicted octanol–water partition coefficient (Wildman–Crippen LogP) is 9.30. The van der Waals surface area contributed by atoms with Gasteiger partial charge in [-0.05, 0) is 56.7 Å². The van der Waals surface area contributed by atoms with Crippen molar-refractivity contribution >= 4 is 11.7 Å². The number of benzene rings is 4. The van der Waals surface area contributed by atoms with Gasteiger partial charge in [-0.3, -0.25) is 0 Å². The fraction of sp³-hybridized carbons (Fsp3) is 0.205. The Kier molecular flexibility index (Phi) is 7.20. The second kappa shape index (κ2) is 11.4. The maximum absolute atomic E-state index is 12.8. The number of carbonyl (C=O) groups excluding carboxylic acids is 1. The third-order valence-electron chi connectivity index (χ3n) is 8.46. The SMILES string of the molecule is CC(C)(C)OC(=O)NC1(c2ccc(-c3nc4c(-c5ccccc5)c(-c5ccccc5)nn4cc3-c3ccccc3)cc2)CCC1. The van der Waals surface area contributed by atoms with Crippen LogP contribution in [-0.2, 0) is 10.3 Å². The molecule has 45 heavy (non-hydrogen) atoms. The van der Waals surface area contributed by atoms with Crippen molar-refractivity contribution in [2.24, 2.45) is 0 Å². The van der Waals surface area contributed by atoms with Crippen LogP contribution in [0.25, 0.3) is 50.4 Å². The highest BCUT2D eigenvalue weighted by atomic mass is 16.6. The molecule has 0 spiro atoms. The number of alkyl carbamates (subject to hydrolysis) is 1. The Bertz CT molecular complexity index is 1960. The molecule has 6 heteroatoms. The highest BCUT2D eigenvalue weighted by Crippen LogP contribution is 2.43. The van der Waals surface area contributed by atoms with Crippen molar-refractivity contribution in [2.75, 3.05) is 0 Å². The van der Waals surface area contributed by atoms with E-state index in [0.717, 1.165) is 75.2 Å². The normalized spacial score (nSPS) is 14.1. The smallest absolute Gasteiger partial charge is 0.408 e. The molecule has 1 saturated carbocycles. The number of rotatable bonds is 6. The zero-order chi connectivity index (χ0) is 31.0. The number of hydrogen-bond acceptors (Lipinski definition) is 4. The number of ether oxygens (including phenoxy) is 1. The molecular formula is C39H36N4O2. The van der Waals surface area contributed by atoms with Crippen LogP contribution in [0.2, 0.25) is 0 Å². The van der Waals surface area contributed by atoms with Gasteiger partial charge >= 0.3 is 6.09 Å². The summed E-state index contributed by atoms with van der Waals surface area (Å²) in [5.41, 5.74) is 8.80. The van der Waals surface area contributed by atoms with E-state index in [1.54, 1.807) is 0 Å². The Labute approximate surface area is 263 Å². The summed E-state index contributed by atoms with van der Waals surface area (Å²) in [6.45, 7) is 5.65. The van der Waals surface area contributed by atoms with Gasteiger partial charge in [-0.1, -0.05) is 115 Å². The molecule has 1 aliphatic carbocycles. The van der Waals surface area contributed by atoms with E-state index < -0.39 is 11.1 Å². The van der Waals surface area contributed by atoms with Gasteiger partial charge in [0.25, 0.3) is 0 Å². The summed E-state index contributed by atoms with van der Waals surface area (Å²) in [6, 6.07) is 39.4. The van der Waals surface area contributed by atoms with Crippen LogP contribution in [0.4, 0.5) is 4.79 Å². The van der Waals surface area contributed by atoms with Crippen LogP contribution in [0.1, 0.15) is 45.6 Å². The molecule has 6 nitrogen and oxygen atoms in total. The summed E-state index contributed by atoms with van der Waals surface area (Å²) in [6.07, 6.45) is 4.53. The molecule has 1 amide bonds. The van der Waals surface area contributed by atoms with Crippen LogP contribution >= 0.6 is 0 Å². The molecule has 1 N–H and O–H groups in total. The molecule has 1 fully saturated rings. The molecule has 4 aromatic carbocycles. The van der Waals surface area contributed by atoms with Gasteiger partial charge in [0.15, 0.2) is 5.65 Å². The molecule has 7 rings (SSSR count). The zero-order valence-corrected chi connectivity index (χ0v) is 25.8. The standard InChI is InChI=1S/C39H36N4O2/c1-38(2,3)45-37(44)41-39(24-13-25-39)31-22-20-30(21-23-31)34-32(27-14-7-4-8-15-27)26-43-36(40-34)33(28-16-9-5-10-17-28)35(42-43)29-18-11-6-12-19-29/h4-12,14-23,26H,13,24-25H2,1-3H3,(H,41,44). The number of nitrogens with zero attached hydrogens (tertiary/aromatic N) is 3. The van der Waals surface area contributed by atoms with Crippen LogP contribution in [0.3, 0.4) is 0 Å². The summed E-state index contributed by atoms with van der Waals surface area (Å²) < 4.78 is 7.52. The fourth-order valence-corrected chi connectivity index (χ4v) is 6.15. The van der Waals surface area contributed by atoms with Crippen molar-refractivity contribution in [1.29, 1.82) is 0 Å². The predicted molar refractivity (Wildman–Crippen MR) is 180 cm³/mol. The lowest BCUT2D eigenvalue weighted by Crippen LogP contribution is -2.52. The molecular weight excluding hydrogens is 556 g/mol. The number of nitrogens with one attached hydrogen (secondary N) is 1. The van der Waals surface area contributed by atoms with Gasteiger partial charge in [-0.2, -0.15) is 5.10 Å². The van der Waals surface area contributed by atoms with Gasteiger partial charge in [0, 0.05) is 22.9 Å². The van der Waals surface area contributed by atoms with Crippen LogP contribution in [-0.4, -0.2) is 26.3 Å². The fourth-order valence-electron chi connectivity index (χ4n) is 6.15. The van der Waals surface area contributed by atoms with Gasteiger partial charge in [-0.15, -0.1) is 0 Å². The van der Waals surface area contributed by atoms with Crippen LogP contribution in [0, 0.1) is 0 Å². The number of hydrogen-bond donors (Lipinski definition) is 1. The summed E-state index contributed by atoms with van der Waals surface area (Å²) in [4.78, 5) is 18.1. The monoisotopic (exact) mass is 592 g/mol. The molecule has 0 aliphatic heterocycles. The minimum absolute atomic E-state index is 0.381. The zero-order valence-electron chi connectivity index (χ0n) is 25.8. The molecule has 2 heterocycles. The molecule has 2 aromatic heterocycles. The largest absolute Gasteiger partial charge is 0.444 e. The number of carbonyl (C=O) groups is 1. The van der Waals surface area contributed by atoms with E-state index in [9.17, 15) is 4.79 Å². The average molecular weight is 593 g/mol. The molecule has 0 bridgehead atoms. The van der Waals surface area contributed by atoms with Crippen molar-refractivity contribution < 1.29 is 9.53 Å². The van der Waals surface area contributed by atoms with E-state index in [1.807, 2.05) is 79.9 Å². The quantitative estimate of drug-likeness (QED) is 0.209. The third-order valence-corrected chi connectivity index (χ3v) is 8.46. The van der Waals surface area contributed by atoms with Crippen LogP contribution < -0.4 is 5.32 Å². The molecule has 1 aliphatic rings. The van der Waals surface area contributed by atoms with E-state index in [1.165, 1.54) is 0 Å². The molecule has 0 atom stereocenters. The molecule has 6 aromatic rings. The van der Waals surface area contributed by atoms with E-state index in [-0.39, 0.29) is 6.09 Å². The van der Waals surface area contributed by atoms with E-state index >= 15 is 0 Å². The Balaban J connectivity index is 1.37. The topological polar surface area (TPSA) is 68.5 Å². The van der Waals surface area contributed by atoms with Gasteiger partial charge in [0.2, 0.25) is 0 Å². The van der Waals surface area contributed by atoms with Crippen LogP contribution in [0.15, 0.2) is 121 Å². The van der Waals surface area contributed by atoms with Crippen molar-refractivity contribution in [3.8, 4) is 44.8 Å². The van der Waals surface area contributed by atoms with E-state index in [4.69, 9.17) is 14.8 Å². The highest BCUT2D eigenvalue weighted by Gasteiger charge is 2.41. The van der Waals surface area contributed by atoms with E-state index in [0.29, 0.717) is 0 Å². The Morgan fingerprint density at radius 1 is 0.733 bits per heavy atom. The first-order valence-electron chi connectivity index (χ1n) is 15.5. The van der Waals surface area contributed by atoms with Crippen molar-refractivity contribution in [3.63, 3.8) is 0 Å². The average Bonchev–Trinajstić information content (AvgIpc) is 3.41. The Morgan fingerprint density at radius 2 is 1.29 bits per heavy atom. The third kappa shape index (κ3) is 5.60. The van der Waals surface area contributed by atoms with Crippen LogP contribution in [0.5, 0.6) is 0 Å². The minimum atomic E-state index is -0.552.